The summed E-state index contributed by atoms with van der Waals surface area (Å²) in [7, 11) is 0. The second-order valence-corrected chi connectivity index (χ2v) is 2.75. The first-order chi connectivity index (χ1) is 6.46. The van der Waals surface area contributed by atoms with Crippen molar-refractivity contribution in [3.05, 3.63) is 35.4 Å². The van der Waals surface area contributed by atoms with Crippen molar-refractivity contribution < 1.29 is 18.0 Å². The number of aldehydes is 1. The van der Waals surface area contributed by atoms with Crippen molar-refractivity contribution in [1.82, 2.24) is 0 Å². The fraction of sp³-hybridized carbons (Fsp3) is 0.222. The molecule has 0 amide bonds. The number of hydrogen-bond donors (Lipinski definition) is 1. The molecule has 0 aliphatic carbocycles. The minimum Gasteiger partial charge on any atom is -0.318 e. The summed E-state index contributed by atoms with van der Waals surface area (Å²) >= 11 is 0. The Bertz CT molecular complexity index is 340. The number of halogens is 4. The van der Waals surface area contributed by atoms with Crippen LogP contribution in [0.2, 0.25) is 0 Å². The maximum atomic E-state index is 12.4. The van der Waals surface area contributed by atoms with E-state index in [1.54, 1.807) is 0 Å². The molecular formula is C9H9ClF3NO. The molecule has 0 heterocycles. The highest BCUT2D eigenvalue weighted by atomic mass is 35.5. The van der Waals surface area contributed by atoms with E-state index in [-0.39, 0.29) is 24.3 Å². The van der Waals surface area contributed by atoms with Crippen molar-refractivity contribution >= 4 is 18.7 Å². The summed E-state index contributed by atoms with van der Waals surface area (Å²) in [5, 5.41) is 0. The highest BCUT2D eigenvalue weighted by Crippen LogP contribution is 2.33. The quantitative estimate of drug-likeness (QED) is 0.805. The Labute approximate surface area is 90.7 Å². The van der Waals surface area contributed by atoms with Crippen LogP contribution in [0.3, 0.4) is 0 Å². The molecule has 0 spiro atoms. The van der Waals surface area contributed by atoms with Crippen LogP contribution in [0.15, 0.2) is 24.3 Å². The highest BCUT2D eigenvalue weighted by Gasteiger charge is 2.34. The van der Waals surface area contributed by atoms with Gasteiger partial charge in [0.2, 0.25) is 0 Å². The van der Waals surface area contributed by atoms with Gasteiger partial charge in [-0.15, -0.1) is 12.4 Å². The second-order valence-electron chi connectivity index (χ2n) is 2.75. The van der Waals surface area contributed by atoms with Gasteiger partial charge in [-0.3, -0.25) is 0 Å². The number of alkyl halides is 3. The zero-order chi connectivity index (χ0) is 10.8. The third-order valence-electron chi connectivity index (χ3n) is 1.77. The van der Waals surface area contributed by atoms with Gasteiger partial charge in [0.25, 0.3) is 0 Å². The van der Waals surface area contributed by atoms with E-state index in [1.165, 1.54) is 18.2 Å². The smallest absolute Gasteiger partial charge is 0.318 e. The van der Waals surface area contributed by atoms with Gasteiger partial charge in [0.05, 0.1) is 11.6 Å². The van der Waals surface area contributed by atoms with Crippen molar-refractivity contribution in [2.24, 2.45) is 5.73 Å². The minimum atomic E-state index is -4.47. The van der Waals surface area contributed by atoms with Gasteiger partial charge in [-0.1, -0.05) is 18.2 Å². The SMILES string of the molecule is Cl.NC(C=O)c1ccccc1C(F)(F)F. The molecule has 1 aromatic rings. The fourth-order valence-electron chi connectivity index (χ4n) is 1.12. The summed E-state index contributed by atoms with van der Waals surface area (Å²) in [5.41, 5.74) is 4.16. The zero-order valence-corrected chi connectivity index (χ0v) is 8.31. The van der Waals surface area contributed by atoms with Crippen LogP contribution in [0.25, 0.3) is 0 Å². The van der Waals surface area contributed by atoms with Crippen LogP contribution >= 0.6 is 12.4 Å². The summed E-state index contributed by atoms with van der Waals surface area (Å²) in [4.78, 5) is 10.3. The summed E-state index contributed by atoms with van der Waals surface area (Å²) in [5.74, 6) is 0. The Balaban J connectivity index is 0.00000196. The van der Waals surface area contributed by atoms with Gasteiger partial charge in [-0.05, 0) is 11.6 Å². The minimum absolute atomic E-state index is 0. The first kappa shape index (κ1) is 13.9. The van der Waals surface area contributed by atoms with Gasteiger partial charge in [-0.2, -0.15) is 13.2 Å². The second kappa shape index (κ2) is 5.14. The van der Waals surface area contributed by atoms with Crippen LogP contribution in [-0.2, 0) is 11.0 Å². The summed E-state index contributed by atoms with van der Waals surface area (Å²) in [6.45, 7) is 0. The number of hydrogen-bond acceptors (Lipinski definition) is 2. The van der Waals surface area contributed by atoms with Crippen LogP contribution in [0.1, 0.15) is 17.2 Å². The molecule has 1 unspecified atom stereocenters. The van der Waals surface area contributed by atoms with Crippen LogP contribution in [0, 0.1) is 0 Å². The number of carbonyl (C=O) groups excluding carboxylic acids is 1. The number of nitrogens with two attached hydrogens (primary N) is 1. The molecule has 0 radical (unpaired) electrons. The third kappa shape index (κ3) is 3.21. The van der Waals surface area contributed by atoms with Gasteiger partial charge in [0, 0.05) is 0 Å². The van der Waals surface area contributed by atoms with E-state index in [0.717, 1.165) is 6.07 Å². The molecule has 1 aromatic carbocycles. The fourth-order valence-corrected chi connectivity index (χ4v) is 1.12. The molecule has 1 rings (SSSR count). The molecule has 2 nitrogen and oxygen atoms in total. The molecule has 6 heteroatoms. The highest BCUT2D eigenvalue weighted by molar-refractivity contribution is 5.85. The summed E-state index contributed by atoms with van der Waals surface area (Å²) < 4.78 is 37.1. The average molecular weight is 240 g/mol. The molecule has 2 N–H and O–H groups in total. The number of carbonyl (C=O) groups is 1. The van der Waals surface area contributed by atoms with Crippen molar-refractivity contribution in [2.45, 2.75) is 12.2 Å². The molecule has 1 atom stereocenters. The lowest BCUT2D eigenvalue weighted by molar-refractivity contribution is -0.138. The lowest BCUT2D eigenvalue weighted by atomic mass is 10.0. The maximum absolute atomic E-state index is 12.4. The molecule has 15 heavy (non-hydrogen) atoms. The molecule has 0 aliphatic heterocycles. The van der Waals surface area contributed by atoms with Crippen molar-refractivity contribution in [3.63, 3.8) is 0 Å². The lowest BCUT2D eigenvalue weighted by Crippen LogP contribution is -2.18. The van der Waals surface area contributed by atoms with E-state index < -0.39 is 17.8 Å². The topological polar surface area (TPSA) is 43.1 Å². The predicted octanol–water partition coefficient (Wildman–Crippen LogP) is 2.33. The maximum Gasteiger partial charge on any atom is 0.416 e. The molecule has 0 aromatic heterocycles. The van der Waals surface area contributed by atoms with Crippen molar-refractivity contribution in [2.75, 3.05) is 0 Å². The number of benzene rings is 1. The molecule has 0 saturated heterocycles. The Morgan fingerprint density at radius 1 is 1.27 bits per heavy atom. The average Bonchev–Trinajstić information content (AvgIpc) is 2.15. The molecule has 0 aliphatic rings. The largest absolute Gasteiger partial charge is 0.416 e. The molecule has 0 fully saturated rings. The standard InChI is InChI=1S/C9H8F3NO.ClH/c10-9(11,12)7-4-2-1-3-6(7)8(13)5-14;/h1-5,8H,13H2;1H. The first-order valence-corrected chi connectivity index (χ1v) is 3.84. The van der Waals surface area contributed by atoms with Crippen LogP contribution in [0.4, 0.5) is 13.2 Å². The van der Waals surface area contributed by atoms with Crippen LogP contribution < -0.4 is 5.73 Å². The Morgan fingerprint density at radius 2 is 1.80 bits per heavy atom. The van der Waals surface area contributed by atoms with Gasteiger partial charge < -0.3 is 10.5 Å². The zero-order valence-electron chi connectivity index (χ0n) is 7.49. The van der Waals surface area contributed by atoms with E-state index in [0.29, 0.717) is 0 Å². The molecule has 0 saturated carbocycles. The monoisotopic (exact) mass is 239 g/mol. The Kier molecular flexibility index (Phi) is 4.77. The Morgan fingerprint density at radius 3 is 2.27 bits per heavy atom. The van der Waals surface area contributed by atoms with Gasteiger partial charge in [0.1, 0.15) is 6.29 Å². The van der Waals surface area contributed by atoms with E-state index in [2.05, 4.69) is 0 Å². The lowest BCUT2D eigenvalue weighted by Gasteiger charge is -2.13. The summed E-state index contributed by atoms with van der Waals surface area (Å²) in [6.07, 6.45) is -4.19. The molecule has 84 valence electrons. The van der Waals surface area contributed by atoms with Gasteiger partial charge >= 0.3 is 6.18 Å². The van der Waals surface area contributed by atoms with Crippen molar-refractivity contribution in [1.29, 1.82) is 0 Å². The molecule has 0 bridgehead atoms. The van der Waals surface area contributed by atoms with E-state index in [1.807, 2.05) is 0 Å². The summed E-state index contributed by atoms with van der Waals surface area (Å²) in [6, 6.07) is 3.53. The Hall–Kier alpha value is -1.07. The normalized spacial score (nSPS) is 12.8. The molecular weight excluding hydrogens is 231 g/mol. The van der Waals surface area contributed by atoms with Crippen molar-refractivity contribution in [3.8, 4) is 0 Å². The van der Waals surface area contributed by atoms with Crippen LogP contribution in [0.5, 0.6) is 0 Å². The van der Waals surface area contributed by atoms with E-state index in [9.17, 15) is 18.0 Å². The first-order valence-electron chi connectivity index (χ1n) is 3.84. The van der Waals surface area contributed by atoms with E-state index >= 15 is 0 Å². The predicted molar refractivity (Wildman–Crippen MR) is 51.7 cm³/mol. The van der Waals surface area contributed by atoms with E-state index in [4.69, 9.17) is 5.73 Å². The number of rotatable bonds is 2. The third-order valence-corrected chi connectivity index (χ3v) is 1.77. The van der Waals surface area contributed by atoms with Gasteiger partial charge in [0.15, 0.2) is 0 Å². The van der Waals surface area contributed by atoms with Gasteiger partial charge in [-0.25, -0.2) is 0 Å². The van der Waals surface area contributed by atoms with Crippen LogP contribution in [-0.4, -0.2) is 6.29 Å².